The normalized spacial score (nSPS) is 10.5. The number of hydrogen-bond donors (Lipinski definition) is 1. The Morgan fingerprint density at radius 3 is 3.00 bits per heavy atom. The second-order valence-electron chi connectivity index (χ2n) is 3.82. The molecular weight excluding hydrogens is 282 g/mol. The van der Waals surface area contributed by atoms with E-state index in [1.807, 2.05) is 19.1 Å². The molecule has 0 unspecified atom stereocenters. The number of halogens is 1. The van der Waals surface area contributed by atoms with Crippen molar-refractivity contribution in [1.82, 2.24) is 9.55 Å². The van der Waals surface area contributed by atoms with Crippen LogP contribution in [0.25, 0.3) is 0 Å². The minimum Gasteiger partial charge on any atom is -0.398 e. The Hall–Kier alpha value is -1.62. The van der Waals surface area contributed by atoms with E-state index in [1.54, 1.807) is 23.0 Å². The minimum atomic E-state index is -0.107. The van der Waals surface area contributed by atoms with Crippen LogP contribution in [0.5, 0.6) is 0 Å². The molecule has 2 aromatic rings. The van der Waals surface area contributed by atoms with Crippen LogP contribution in [0.2, 0.25) is 0 Å². The highest BCUT2D eigenvalue weighted by Crippen LogP contribution is 2.10. The van der Waals surface area contributed by atoms with Gasteiger partial charge in [-0.2, -0.15) is 0 Å². The highest BCUT2D eigenvalue weighted by molar-refractivity contribution is 9.10. The number of hydrogen-bond acceptors (Lipinski definition) is 3. The molecule has 0 aromatic carbocycles. The Morgan fingerprint density at radius 1 is 1.53 bits per heavy atom. The molecule has 0 fully saturated rings. The van der Waals surface area contributed by atoms with Crippen molar-refractivity contribution in [2.75, 3.05) is 5.73 Å². The third kappa shape index (κ3) is 2.55. The molecule has 0 aliphatic heterocycles. The average Bonchev–Trinajstić information content (AvgIpc) is 2.28. The van der Waals surface area contributed by atoms with Crippen LogP contribution in [0.3, 0.4) is 0 Å². The predicted octanol–water partition coefficient (Wildman–Crippen LogP) is 1.94. The van der Waals surface area contributed by atoms with Crippen LogP contribution < -0.4 is 11.3 Å². The Balaban J connectivity index is 2.44. The highest BCUT2D eigenvalue weighted by atomic mass is 79.9. The van der Waals surface area contributed by atoms with Crippen molar-refractivity contribution in [2.45, 2.75) is 13.5 Å². The van der Waals surface area contributed by atoms with Gasteiger partial charge in [0.1, 0.15) is 0 Å². The maximum Gasteiger partial charge on any atom is 0.265 e. The lowest BCUT2D eigenvalue weighted by Gasteiger charge is -2.08. The zero-order chi connectivity index (χ0) is 12.4. The lowest BCUT2D eigenvalue weighted by Crippen LogP contribution is -2.22. The van der Waals surface area contributed by atoms with Crippen molar-refractivity contribution < 1.29 is 0 Å². The van der Waals surface area contributed by atoms with Gasteiger partial charge in [-0.1, -0.05) is 6.07 Å². The molecule has 0 spiro atoms. The molecular formula is C12H12BrN3O. The first kappa shape index (κ1) is 11.9. The van der Waals surface area contributed by atoms with E-state index in [2.05, 4.69) is 20.9 Å². The van der Waals surface area contributed by atoms with Crippen LogP contribution in [-0.2, 0) is 6.54 Å². The van der Waals surface area contributed by atoms with Crippen molar-refractivity contribution in [1.29, 1.82) is 0 Å². The molecule has 0 aliphatic carbocycles. The van der Waals surface area contributed by atoms with Crippen LogP contribution in [0.1, 0.15) is 11.3 Å². The largest absolute Gasteiger partial charge is 0.398 e. The minimum absolute atomic E-state index is 0.107. The Labute approximate surface area is 107 Å². The molecule has 2 rings (SSSR count). The summed E-state index contributed by atoms with van der Waals surface area (Å²) < 4.78 is 2.01. The molecule has 4 nitrogen and oxygen atoms in total. The molecule has 17 heavy (non-hydrogen) atoms. The van der Waals surface area contributed by atoms with Crippen LogP contribution in [-0.4, -0.2) is 9.55 Å². The topological polar surface area (TPSA) is 60.9 Å². The number of nitrogens with zero attached hydrogens (tertiary/aromatic N) is 2. The van der Waals surface area contributed by atoms with Gasteiger partial charge in [-0.05, 0) is 40.5 Å². The molecule has 2 aromatic heterocycles. The summed E-state index contributed by atoms with van der Waals surface area (Å²) in [6.07, 6.45) is 3.34. The van der Waals surface area contributed by atoms with Gasteiger partial charge < -0.3 is 10.3 Å². The second kappa shape index (κ2) is 4.71. The summed E-state index contributed by atoms with van der Waals surface area (Å²) in [4.78, 5) is 16.1. The number of aryl methyl sites for hydroxylation is 1. The van der Waals surface area contributed by atoms with Gasteiger partial charge in [-0.3, -0.25) is 9.78 Å². The number of rotatable bonds is 2. The van der Waals surface area contributed by atoms with E-state index < -0.39 is 0 Å². The Bertz CT molecular complexity index is 607. The first-order chi connectivity index (χ1) is 8.08. The summed E-state index contributed by atoms with van der Waals surface area (Å²) in [7, 11) is 0. The molecule has 0 amide bonds. The van der Waals surface area contributed by atoms with Gasteiger partial charge in [0.05, 0.1) is 16.7 Å². The second-order valence-corrected chi connectivity index (χ2v) is 4.68. The van der Waals surface area contributed by atoms with Crippen molar-refractivity contribution in [2.24, 2.45) is 0 Å². The van der Waals surface area contributed by atoms with Crippen LogP contribution >= 0.6 is 15.9 Å². The fourth-order valence-corrected chi connectivity index (χ4v) is 2.08. The van der Waals surface area contributed by atoms with Gasteiger partial charge in [-0.25, -0.2) is 0 Å². The van der Waals surface area contributed by atoms with E-state index in [0.29, 0.717) is 16.7 Å². The monoisotopic (exact) mass is 293 g/mol. The van der Waals surface area contributed by atoms with Gasteiger partial charge >= 0.3 is 0 Å². The van der Waals surface area contributed by atoms with E-state index in [0.717, 1.165) is 11.3 Å². The SMILES string of the molecule is Cc1cccnc1Cn1cc(N)cc(Br)c1=O. The van der Waals surface area contributed by atoms with Crippen molar-refractivity contribution >= 4 is 21.6 Å². The standard InChI is InChI=1S/C12H12BrN3O/c1-8-3-2-4-15-11(8)7-16-6-9(14)5-10(13)12(16)17/h2-6H,7,14H2,1H3. The van der Waals surface area contributed by atoms with E-state index in [-0.39, 0.29) is 5.56 Å². The zero-order valence-corrected chi connectivity index (χ0v) is 10.9. The first-order valence-corrected chi connectivity index (χ1v) is 5.93. The van der Waals surface area contributed by atoms with Gasteiger partial charge in [0.15, 0.2) is 0 Å². The number of aromatic nitrogens is 2. The van der Waals surface area contributed by atoms with E-state index in [9.17, 15) is 4.79 Å². The average molecular weight is 294 g/mol. The van der Waals surface area contributed by atoms with Crippen LogP contribution in [0, 0.1) is 6.92 Å². The summed E-state index contributed by atoms with van der Waals surface area (Å²) in [5.41, 5.74) is 8.07. The van der Waals surface area contributed by atoms with Crippen molar-refractivity contribution in [3.05, 3.63) is 56.7 Å². The molecule has 0 bridgehead atoms. The predicted molar refractivity (Wildman–Crippen MR) is 70.9 cm³/mol. The lowest BCUT2D eigenvalue weighted by atomic mass is 10.2. The molecule has 0 saturated carbocycles. The van der Waals surface area contributed by atoms with Crippen LogP contribution in [0.4, 0.5) is 5.69 Å². The Kier molecular flexibility index (Phi) is 3.28. The molecule has 0 radical (unpaired) electrons. The zero-order valence-electron chi connectivity index (χ0n) is 9.35. The molecule has 2 heterocycles. The number of nitrogen functional groups attached to an aromatic ring is 1. The van der Waals surface area contributed by atoms with Crippen LogP contribution in [0.15, 0.2) is 39.9 Å². The Morgan fingerprint density at radius 2 is 2.29 bits per heavy atom. The van der Waals surface area contributed by atoms with Crippen molar-refractivity contribution in [3.8, 4) is 0 Å². The molecule has 88 valence electrons. The van der Waals surface area contributed by atoms with E-state index in [1.165, 1.54) is 0 Å². The number of anilines is 1. The molecule has 5 heteroatoms. The molecule has 0 saturated heterocycles. The summed E-state index contributed by atoms with van der Waals surface area (Å²) in [6.45, 7) is 2.39. The number of pyridine rings is 2. The molecule has 2 N–H and O–H groups in total. The van der Waals surface area contributed by atoms with Gasteiger partial charge in [-0.15, -0.1) is 0 Å². The summed E-state index contributed by atoms with van der Waals surface area (Å²) in [6, 6.07) is 5.44. The lowest BCUT2D eigenvalue weighted by molar-refractivity contribution is 0.732. The van der Waals surface area contributed by atoms with Gasteiger partial charge in [0.2, 0.25) is 0 Å². The highest BCUT2D eigenvalue weighted by Gasteiger charge is 2.05. The van der Waals surface area contributed by atoms with Gasteiger partial charge in [0.25, 0.3) is 5.56 Å². The smallest absolute Gasteiger partial charge is 0.265 e. The van der Waals surface area contributed by atoms with E-state index in [4.69, 9.17) is 5.73 Å². The fourth-order valence-electron chi connectivity index (χ4n) is 1.58. The summed E-state index contributed by atoms with van der Waals surface area (Å²) in [5.74, 6) is 0. The summed E-state index contributed by atoms with van der Waals surface area (Å²) in [5, 5.41) is 0. The third-order valence-corrected chi connectivity index (χ3v) is 3.07. The summed E-state index contributed by atoms with van der Waals surface area (Å²) >= 11 is 3.20. The maximum atomic E-state index is 11.9. The fraction of sp³-hybridized carbons (Fsp3) is 0.167. The maximum absolute atomic E-state index is 11.9. The molecule has 0 atom stereocenters. The van der Waals surface area contributed by atoms with E-state index >= 15 is 0 Å². The van der Waals surface area contributed by atoms with Gasteiger partial charge in [0, 0.05) is 18.1 Å². The van der Waals surface area contributed by atoms with Crippen molar-refractivity contribution in [3.63, 3.8) is 0 Å². The third-order valence-electron chi connectivity index (χ3n) is 2.50. The quantitative estimate of drug-likeness (QED) is 0.921. The number of nitrogens with two attached hydrogens (primary N) is 1. The first-order valence-electron chi connectivity index (χ1n) is 5.14. The molecule has 0 aliphatic rings.